The fourth-order valence-electron chi connectivity index (χ4n) is 2.49. The predicted molar refractivity (Wildman–Crippen MR) is 84.1 cm³/mol. The third-order valence-corrected chi connectivity index (χ3v) is 4.00. The Morgan fingerprint density at radius 3 is 3.00 bits per heavy atom. The van der Waals surface area contributed by atoms with Crippen LogP contribution in [0.3, 0.4) is 0 Å². The van der Waals surface area contributed by atoms with Crippen LogP contribution in [-0.4, -0.2) is 10.6 Å². The van der Waals surface area contributed by atoms with E-state index in [1.54, 1.807) is 6.20 Å². The third-order valence-electron chi connectivity index (χ3n) is 3.37. The van der Waals surface area contributed by atoms with E-state index >= 15 is 0 Å². The molecule has 0 spiro atoms. The van der Waals surface area contributed by atoms with Gasteiger partial charge in [-0.3, -0.25) is 0 Å². The zero-order valence-electron chi connectivity index (χ0n) is 11.6. The first-order chi connectivity index (χ1) is 9.53. The van der Waals surface area contributed by atoms with Crippen LogP contribution in [0.5, 0.6) is 5.75 Å². The molecule has 0 saturated carbocycles. The van der Waals surface area contributed by atoms with E-state index in [2.05, 4.69) is 58.3 Å². The first-order valence-corrected chi connectivity index (χ1v) is 7.48. The number of ether oxygens (including phenoxy) is 1. The summed E-state index contributed by atoms with van der Waals surface area (Å²) in [6.07, 6.45) is 2.73. The Morgan fingerprint density at radius 2 is 2.20 bits per heavy atom. The molecular formula is C16H17BrN2O. The molecule has 2 aromatic rings. The van der Waals surface area contributed by atoms with E-state index in [1.807, 2.05) is 12.1 Å². The van der Waals surface area contributed by atoms with Gasteiger partial charge in [-0.15, -0.1) is 0 Å². The lowest BCUT2D eigenvalue weighted by Gasteiger charge is -2.16. The maximum Gasteiger partial charge on any atom is 0.129 e. The summed E-state index contributed by atoms with van der Waals surface area (Å²) in [6.45, 7) is 5.02. The van der Waals surface area contributed by atoms with Gasteiger partial charge in [0.05, 0.1) is 5.69 Å². The molecule has 1 aliphatic rings. The second-order valence-corrected chi connectivity index (χ2v) is 6.43. The van der Waals surface area contributed by atoms with Crippen molar-refractivity contribution in [3.05, 3.63) is 52.3 Å². The molecule has 3 rings (SSSR count). The van der Waals surface area contributed by atoms with Crippen molar-refractivity contribution < 1.29 is 4.74 Å². The van der Waals surface area contributed by atoms with Crippen LogP contribution >= 0.6 is 15.9 Å². The molecule has 0 saturated heterocycles. The Kier molecular flexibility index (Phi) is 3.42. The molecule has 0 atom stereocenters. The fourth-order valence-corrected chi connectivity index (χ4v) is 2.88. The summed E-state index contributed by atoms with van der Waals surface area (Å²) < 4.78 is 6.73. The second-order valence-electron chi connectivity index (χ2n) is 5.68. The number of nitrogens with zero attached hydrogens (tertiary/aromatic N) is 1. The molecule has 0 unspecified atom stereocenters. The second kappa shape index (κ2) is 5.09. The van der Waals surface area contributed by atoms with Crippen LogP contribution in [0.2, 0.25) is 0 Å². The van der Waals surface area contributed by atoms with Gasteiger partial charge in [0.25, 0.3) is 0 Å². The van der Waals surface area contributed by atoms with Crippen LogP contribution in [0.15, 0.2) is 41.1 Å². The quantitative estimate of drug-likeness (QED) is 0.856. The number of hydrogen-bond acceptors (Lipinski definition) is 3. The van der Waals surface area contributed by atoms with Crippen LogP contribution in [0.1, 0.15) is 25.0 Å². The van der Waals surface area contributed by atoms with Gasteiger partial charge in [-0.2, -0.15) is 0 Å². The van der Waals surface area contributed by atoms with Crippen molar-refractivity contribution in [2.45, 2.75) is 32.4 Å². The Balaban J connectivity index is 1.73. The summed E-state index contributed by atoms with van der Waals surface area (Å²) in [5.74, 6) is 1.02. The van der Waals surface area contributed by atoms with Crippen LogP contribution in [0, 0.1) is 0 Å². The lowest BCUT2D eigenvalue weighted by molar-refractivity contribution is 0.138. The van der Waals surface area contributed by atoms with Crippen LogP contribution < -0.4 is 10.1 Å². The van der Waals surface area contributed by atoms with Gasteiger partial charge in [0.2, 0.25) is 0 Å². The molecular weight excluding hydrogens is 316 g/mol. The Hall–Kier alpha value is -1.55. The van der Waals surface area contributed by atoms with Gasteiger partial charge in [-0.05, 0) is 59.1 Å². The van der Waals surface area contributed by atoms with Crippen molar-refractivity contribution in [3.63, 3.8) is 0 Å². The van der Waals surface area contributed by atoms with E-state index in [0.717, 1.165) is 29.0 Å². The minimum absolute atomic E-state index is 0.0826. The molecule has 4 heteroatoms. The molecule has 0 amide bonds. The van der Waals surface area contributed by atoms with Gasteiger partial charge < -0.3 is 10.1 Å². The normalized spacial score (nSPS) is 15.6. The minimum atomic E-state index is -0.0826. The highest BCUT2D eigenvalue weighted by Gasteiger charge is 2.29. The van der Waals surface area contributed by atoms with E-state index in [0.29, 0.717) is 0 Å². The summed E-state index contributed by atoms with van der Waals surface area (Å²) in [6, 6.07) is 10.3. The number of fused-ring (bicyclic) bond motifs is 1. The SMILES string of the molecule is CC1(C)Cc2cc(CNc3cccnc3Br)ccc2O1. The maximum atomic E-state index is 5.89. The fraction of sp³-hybridized carbons (Fsp3) is 0.312. The molecule has 1 aromatic heterocycles. The number of anilines is 1. The third kappa shape index (κ3) is 2.80. The zero-order valence-corrected chi connectivity index (χ0v) is 13.2. The summed E-state index contributed by atoms with van der Waals surface area (Å²) in [7, 11) is 0. The highest BCUT2D eigenvalue weighted by molar-refractivity contribution is 9.10. The first kappa shape index (κ1) is 13.4. The molecule has 2 heterocycles. The lowest BCUT2D eigenvalue weighted by atomic mass is 10.0. The number of benzene rings is 1. The number of aromatic nitrogens is 1. The summed E-state index contributed by atoms with van der Waals surface area (Å²) >= 11 is 3.44. The zero-order chi connectivity index (χ0) is 14.2. The molecule has 1 aromatic carbocycles. The van der Waals surface area contributed by atoms with Crippen molar-refractivity contribution in [2.24, 2.45) is 0 Å². The highest BCUT2D eigenvalue weighted by Crippen LogP contribution is 2.35. The number of rotatable bonds is 3. The monoisotopic (exact) mass is 332 g/mol. The summed E-state index contributed by atoms with van der Waals surface area (Å²) in [5.41, 5.74) is 3.46. The van der Waals surface area contributed by atoms with Gasteiger partial charge in [-0.1, -0.05) is 12.1 Å². The van der Waals surface area contributed by atoms with Crippen molar-refractivity contribution in [2.75, 3.05) is 5.32 Å². The predicted octanol–water partition coefficient (Wildman–Crippen LogP) is 4.17. The Morgan fingerprint density at radius 1 is 1.35 bits per heavy atom. The summed E-state index contributed by atoms with van der Waals surface area (Å²) in [5, 5.41) is 3.39. The average molecular weight is 333 g/mol. The standard InChI is InChI=1S/C16H17BrN2O/c1-16(2)9-12-8-11(5-6-14(12)20-16)10-19-13-4-3-7-18-15(13)17/h3-8,19H,9-10H2,1-2H3. The number of pyridine rings is 1. The number of nitrogens with one attached hydrogen (secondary N) is 1. The van der Waals surface area contributed by atoms with E-state index in [1.165, 1.54) is 11.1 Å². The van der Waals surface area contributed by atoms with Crippen LogP contribution in [0.25, 0.3) is 0 Å². The van der Waals surface area contributed by atoms with Gasteiger partial charge in [-0.25, -0.2) is 4.98 Å². The summed E-state index contributed by atoms with van der Waals surface area (Å²) in [4.78, 5) is 4.20. The number of hydrogen-bond donors (Lipinski definition) is 1. The molecule has 0 bridgehead atoms. The molecule has 0 fully saturated rings. The molecule has 20 heavy (non-hydrogen) atoms. The molecule has 1 aliphatic heterocycles. The molecule has 3 nitrogen and oxygen atoms in total. The van der Waals surface area contributed by atoms with Gasteiger partial charge >= 0.3 is 0 Å². The Labute approximate surface area is 127 Å². The molecule has 104 valence electrons. The van der Waals surface area contributed by atoms with Gasteiger partial charge in [0.1, 0.15) is 16.0 Å². The largest absolute Gasteiger partial charge is 0.487 e. The Bertz CT molecular complexity index is 640. The van der Waals surface area contributed by atoms with Crippen molar-refractivity contribution in [3.8, 4) is 5.75 Å². The smallest absolute Gasteiger partial charge is 0.129 e. The topological polar surface area (TPSA) is 34.2 Å². The van der Waals surface area contributed by atoms with Crippen LogP contribution in [0.4, 0.5) is 5.69 Å². The van der Waals surface area contributed by atoms with Crippen LogP contribution in [-0.2, 0) is 13.0 Å². The lowest BCUT2D eigenvalue weighted by Crippen LogP contribution is -2.24. The van der Waals surface area contributed by atoms with Crippen molar-refractivity contribution in [1.29, 1.82) is 0 Å². The first-order valence-electron chi connectivity index (χ1n) is 6.69. The molecule has 1 N–H and O–H groups in total. The minimum Gasteiger partial charge on any atom is -0.487 e. The van der Waals surface area contributed by atoms with E-state index in [-0.39, 0.29) is 5.60 Å². The van der Waals surface area contributed by atoms with Crippen molar-refractivity contribution >= 4 is 21.6 Å². The van der Waals surface area contributed by atoms with E-state index in [4.69, 9.17) is 4.74 Å². The average Bonchev–Trinajstić information content (AvgIpc) is 2.71. The van der Waals surface area contributed by atoms with Gasteiger partial charge in [0, 0.05) is 19.2 Å². The molecule has 0 aliphatic carbocycles. The highest BCUT2D eigenvalue weighted by atomic mass is 79.9. The van der Waals surface area contributed by atoms with E-state index in [9.17, 15) is 0 Å². The van der Waals surface area contributed by atoms with Gasteiger partial charge in [0.15, 0.2) is 0 Å². The van der Waals surface area contributed by atoms with E-state index < -0.39 is 0 Å². The van der Waals surface area contributed by atoms with Crippen molar-refractivity contribution in [1.82, 2.24) is 4.98 Å². The number of halogens is 1. The molecule has 0 radical (unpaired) electrons. The maximum absolute atomic E-state index is 5.89.